The van der Waals surface area contributed by atoms with Gasteiger partial charge in [0.15, 0.2) is 0 Å². The number of thiazole rings is 1. The van der Waals surface area contributed by atoms with E-state index in [0.717, 1.165) is 5.56 Å². The monoisotopic (exact) mass is 320 g/mol. The van der Waals surface area contributed by atoms with Gasteiger partial charge in [-0.1, -0.05) is 11.3 Å². The number of halogens is 1. The molecule has 2 heterocycles. The van der Waals surface area contributed by atoms with Crippen LogP contribution in [0.2, 0.25) is 0 Å². The third-order valence-corrected chi connectivity index (χ3v) is 4.49. The van der Waals surface area contributed by atoms with Crippen molar-refractivity contribution in [1.82, 2.24) is 15.2 Å². The van der Waals surface area contributed by atoms with Crippen LogP contribution in [0.4, 0.5) is 9.52 Å². The molecule has 1 aromatic carbocycles. The van der Waals surface area contributed by atoms with E-state index in [9.17, 15) is 9.18 Å². The summed E-state index contributed by atoms with van der Waals surface area (Å²) in [4.78, 5) is 17.0. The summed E-state index contributed by atoms with van der Waals surface area (Å²) in [5, 5.41) is 11.2. The number of anilines is 1. The summed E-state index contributed by atoms with van der Waals surface area (Å²) in [6.45, 7) is 1.76. The van der Waals surface area contributed by atoms with Crippen LogP contribution in [0.3, 0.4) is 0 Å². The van der Waals surface area contributed by atoms with Crippen LogP contribution in [-0.4, -0.2) is 21.1 Å². The zero-order valence-corrected chi connectivity index (χ0v) is 12.5. The Morgan fingerprint density at radius 1 is 1.29 bits per heavy atom. The summed E-state index contributed by atoms with van der Waals surface area (Å²) in [7, 11) is 0. The van der Waals surface area contributed by atoms with E-state index in [0.29, 0.717) is 20.7 Å². The molecule has 0 aliphatic heterocycles. The lowest BCUT2D eigenvalue weighted by atomic mass is 10.2. The standard InChI is InChI=1S/C13H9FN4OS2/c1-7-10(11(19)17-13-18-15-6-20-13)21-12(16-7)8-2-4-9(14)5-3-8/h2-6H,1H3,(H,17,18,19). The van der Waals surface area contributed by atoms with Crippen molar-refractivity contribution in [2.45, 2.75) is 6.92 Å². The van der Waals surface area contributed by atoms with Crippen molar-refractivity contribution in [3.8, 4) is 10.6 Å². The highest BCUT2D eigenvalue weighted by Gasteiger charge is 2.17. The van der Waals surface area contributed by atoms with Crippen LogP contribution in [0.1, 0.15) is 15.4 Å². The van der Waals surface area contributed by atoms with Crippen molar-refractivity contribution in [2.75, 3.05) is 5.32 Å². The van der Waals surface area contributed by atoms with E-state index < -0.39 is 0 Å². The van der Waals surface area contributed by atoms with E-state index >= 15 is 0 Å². The molecule has 0 spiro atoms. The van der Waals surface area contributed by atoms with Crippen molar-refractivity contribution in [2.24, 2.45) is 0 Å². The van der Waals surface area contributed by atoms with Crippen molar-refractivity contribution in [3.63, 3.8) is 0 Å². The highest BCUT2D eigenvalue weighted by Crippen LogP contribution is 2.28. The molecule has 0 atom stereocenters. The minimum Gasteiger partial charge on any atom is -0.296 e. The van der Waals surface area contributed by atoms with Crippen LogP contribution in [0.25, 0.3) is 10.6 Å². The number of aromatic nitrogens is 3. The second-order valence-electron chi connectivity index (χ2n) is 4.14. The number of rotatable bonds is 3. The fourth-order valence-corrected chi connectivity index (χ4v) is 3.11. The van der Waals surface area contributed by atoms with E-state index in [1.165, 1.54) is 34.8 Å². The van der Waals surface area contributed by atoms with Crippen LogP contribution in [0, 0.1) is 12.7 Å². The molecule has 106 valence electrons. The zero-order valence-electron chi connectivity index (χ0n) is 10.8. The molecule has 0 bridgehead atoms. The van der Waals surface area contributed by atoms with E-state index in [2.05, 4.69) is 20.5 Å². The van der Waals surface area contributed by atoms with Gasteiger partial charge in [-0.25, -0.2) is 9.37 Å². The van der Waals surface area contributed by atoms with Crippen molar-refractivity contribution < 1.29 is 9.18 Å². The fraction of sp³-hybridized carbons (Fsp3) is 0.0769. The molecule has 3 rings (SSSR count). The number of nitrogens with one attached hydrogen (secondary N) is 1. The molecule has 0 saturated carbocycles. The number of aryl methyl sites for hydroxylation is 1. The first-order valence-corrected chi connectivity index (χ1v) is 7.64. The number of amides is 1. The first kappa shape index (κ1) is 13.8. The molecule has 0 unspecified atom stereocenters. The van der Waals surface area contributed by atoms with Crippen molar-refractivity contribution >= 4 is 33.7 Å². The van der Waals surface area contributed by atoms with Crippen LogP contribution in [-0.2, 0) is 0 Å². The predicted molar refractivity (Wildman–Crippen MR) is 80.1 cm³/mol. The van der Waals surface area contributed by atoms with E-state index in [4.69, 9.17) is 0 Å². The summed E-state index contributed by atoms with van der Waals surface area (Å²) < 4.78 is 12.9. The Morgan fingerprint density at radius 3 is 2.71 bits per heavy atom. The first-order chi connectivity index (χ1) is 10.1. The van der Waals surface area contributed by atoms with Gasteiger partial charge in [0.1, 0.15) is 21.2 Å². The molecule has 3 aromatic rings. The lowest BCUT2D eigenvalue weighted by molar-refractivity contribution is 0.102. The van der Waals surface area contributed by atoms with Crippen molar-refractivity contribution in [1.29, 1.82) is 0 Å². The van der Waals surface area contributed by atoms with Gasteiger partial charge in [-0.3, -0.25) is 10.1 Å². The van der Waals surface area contributed by atoms with Gasteiger partial charge in [-0.2, -0.15) is 0 Å². The average Bonchev–Trinajstić information content (AvgIpc) is 3.09. The van der Waals surface area contributed by atoms with Crippen molar-refractivity contribution in [3.05, 3.63) is 46.2 Å². The Morgan fingerprint density at radius 2 is 2.05 bits per heavy atom. The maximum Gasteiger partial charge on any atom is 0.269 e. The lowest BCUT2D eigenvalue weighted by Crippen LogP contribution is -2.11. The molecule has 0 saturated heterocycles. The number of carbonyl (C=O) groups excluding carboxylic acids is 1. The van der Waals surface area contributed by atoms with Gasteiger partial charge >= 0.3 is 0 Å². The van der Waals surface area contributed by atoms with Gasteiger partial charge in [0.2, 0.25) is 5.13 Å². The Hall–Kier alpha value is -2.19. The molecule has 0 radical (unpaired) electrons. The number of nitrogens with zero attached hydrogens (tertiary/aromatic N) is 3. The number of hydrogen-bond acceptors (Lipinski definition) is 6. The van der Waals surface area contributed by atoms with Gasteiger partial charge < -0.3 is 0 Å². The minimum atomic E-state index is -0.304. The predicted octanol–water partition coefficient (Wildman–Crippen LogP) is 3.36. The summed E-state index contributed by atoms with van der Waals surface area (Å²) in [5.74, 6) is -0.573. The second kappa shape index (κ2) is 5.66. The SMILES string of the molecule is Cc1nc(-c2ccc(F)cc2)sc1C(=O)Nc1nncs1. The average molecular weight is 320 g/mol. The Labute approximate surface area is 127 Å². The number of hydrogen-bond donors (Lipinski definition) is 1. The van der Waals surface area contributed by atoms with Crippen LogP contribution < -0.4 is 5.32 Å². The van der Waals surface area contributed by atoms with E-state index in [-0.39, 0.29) is 11.7 Å². The maximum absolute atomic E-state index is 12.9. The molecular weight excluding hydrogens is 311 g/mol. The molecule has 1 N–H and O–H groups in total. The molecule has 0 aliphatic carbocycles. The largest absolute Gasteiger partial charge is 0.296 e. The molecule has 0 aliphatic rings. The maximum atomic E-state index is 12.9. The fourth-order valence-electron chi connectivity index (χ4n) is 1.70. The minimum absolute atomic E-state index is 0.268. The second-order valence-corrected chi connectivity index (χ2v) is 5.97. The summed E-state index contributed by atoms with van der Waals surface area (Å²) in [5.41, 5.74) is 2.94. The number of carbonyl (C=O) groups is 1. The molecule has 5 nitrogen and oxygen atoms in total. The van der Waals surface area contributed by atoms with Gasteiger partial charge in [-0.15, -0.1) is 21.5 Å². The van der Waals surface area contributed by atoms with Gasteiger partial charge in [0.05, 0.1) is 5.69 Å². The van der Waals surface area contributed by atoms with Crippen LogP contribution in [0.5, 0.6) is 0 Å². The van der Waals surface area contributed by atoms with Gasteiger partial charge in [-0.05, 0) is 31.2 Å². The normalized spacial score (nSPS) is 10.6. The lowest BCUT2D eigenvalue weighted by Gasteiger charge is -1.97. The first-order valence-electron chi connectivity index (χ1n) is 5.94. The smallest absolute Gasteiger partial charge is 0.269 e. The van der Waals surface area contributed by atoms with Gasteiger partial charge in [0.25, 0.3) is 5.91 Å². The molecule has 2 aromatic heterocycles. The van der Waals surface area contributed by atoms with Gasteiger partial charge in [0, 0.05) is 5.56 Å². The van der Waals surface area contributed by atoms with E-state index in [1.807, 2.05) is 0 Å². The summed E-state index contributed by atoms with van der Waals surface area (Å²) in [6.07, 6.45) is 0. The van der Waals surface area contributed by atoms with E-state index in [1.54, 1.807) is 24.6 Å². The van der Waals surface area contributed by atoms with Crippen LogP contribution in [0.15, 0.2) is 29.8 Å². The molecule has 8 heteroatoms. The molecular formula is C13H9FN4OS2. The molecule has 0 fully saturated rings. The Bertz CT molecular complexity index is 768. The quantitative estimate of drug-likeness (QED) is 0.803. The summed E-state index contributed by atoms with van der Waals surface area (Å²) in [6, 6.07) is 6.01. The topological polar surface area (TPSA) is 67.8 Å². The Balaban J connectivity index is 1.87. The Kier molecular flexibility index (Phi) is 3.72. The molecule has 1 amide bonds. The molecule has 21 heavy (non-hydrogen) atoms. The zero-order chi connectivity index (χ0) is 14.8. The highest BCUT2D eigenvalue weighted by atomic mass is 32.1. The van der Waals surface area contributed by atoms with Crippen LogP contribution >= 0.6 is 22.7 Å². The third-order valence-electron chi connectivity index (χ3n) is 2.67. The summed E-state index contributed by atoms with van der Waals surface area (Å²) >= 11 is 2.50. The third kappa shape index (κ3) is 2.96. The number of benzene rings is 1. The highest BCUT2D eigenvalue weighted by molar-refractivity contribution is 7.17.